The van der Waals surface area contributed by atoms with Crippen LogP contribution in [0, 0.1) is 12.8 Å². The van der Waals surface area contributed by atoms with Crippen LogP contribution in [-0.2, 0) is 5.41 Å². The Morgan fingerprint density at radius 1 is 1.04 bits per heavy atom. The van der Waals surface area contributed by atoms with E-state index < -0.39 is 0 Å². The molecular weight excluding hydrogens is 318 g/mol. The molecule has 2 aromatic rings. The highest BCUT2D eigenvalue weighted by molar-refractivity contribution is 5.85. The van der Waals surface area contributed by atoms with Crippen molar-refractivity contribution < 1.29 is 5.11 Å². The molecule has 0 unspecified atom stereocenters. The van der Waals surface area contributed by atoms with Gasteiger partial charge in [-0.2, -0.15) is 0 Å². The fraction of sp³-hybridized carbons (Fsp3) is 0.458. The lowest BCUT2D eigenvalue weighted by Gasteiger charge is -2.28. The zero-order chi connectivity index (χ0) is 18.7. The summed E-state index contributed by atoms with van der Waals surface area (Å²) in [5.74, 6) is 1.18. The smallest absolute Gasteiger partial charge is 0.128 e. The number of rotatable bonds is 4. The zero-order valence-electron chi connectivity index (χ0n) is 16.5. The Morgan fingerprint density at radius 2 is 1.69 bits per heavy atom. The first-order chi connectivity index (χ1) is 12.4. The lowest BCUT2D eigenvalue weighted by Crippen LogP contribution is -2.20. The van der Waals surface area contributed by atoms with E-state index in [4.69, 9.17) is 4.99 Å². The Labute approximate surface area is 158 Å². The molecule has 0 radical (unpaired) electrons. The maximum atomic E-state index is 11.0. The van der Waals surface area contributed by atoms with Gasteiger partial charge in [0.15, 0.2) is 0 Å². The van der Waals surface area contributed by atoms with Crippen molar-refractivity contribution in [2.45, 2.75) is 64.8 Å². The van der Waals surface area contributed by atoms with E-state index in [1.165, 1.54) is 18.4 Å². The molecule has 1 N–H and O–H groups in total. The van der Waals surface area contributed by atoms with E-state index in [1.807, 2.05) is 18.3 Å². The average molecular weight is 350 g/mol. The Bertz CT molecular complexity index is 768. The molecule has 138 valence electrons. The summed E-state index contributed by atoms with van der Waals surface area (Å²) >= 11 is 0. The summed E-state index contributed by atoms with van der Waals surface area (Å²) in [5.41, 5.74) is 3.89. The number of benzene rings is 2. The number of hydrogen-bond acceptors (Lipinski definition) is 2. The van der Waals surface area contributed by atoms with Crippen LogP contribution in [0.2, 0.25) is 0 Å². The second-order valence-corrected chi connectivity index (χ2v) is 8.43. The number of aliphatic imine (C=N–C) groups is 1. The molecular formula is C24H31NO. The van der Waals surface area contributed by atoms with Gasteiger partial charge in [-0.15, -0.1) is 0 Å². The molecule has 0 amide bonds. The molecule has 1 aliphatic rings. The van der Waals surface area contributed by atoms with Crippen LogP contribution in [0.1, 0.15) is 68.7 Å². The van der Waals surface area contributed by atoms with E-state index in [9.17, 15) is 5.11 Å². The van der Waals surface area contributed by atoms with Crippen molar-refractivity contribution in [1.82, 2.24) is 0 Å². The third-order valence-electron chi connectivity index (χ3n) is 5.86. The highest BCUT2D eigenvalue weighted by atomic mass is 16.3. The standard InChI is InChI=1S/C24H31NO/c1-17-10-12-21(13-11-17)25-16-19-14-18(2)15-22(23(19)26)24(3,4)20-8-6-5-7-9-20/h5-9,14-17,21,26H,10-13H2,1-4H3. The third-order valence-corrected chi connectivity index (χ3v) is 5.86. The summed E-state index contributed by atoms with van der Waals surface area (Å²) in [7, 11) is 0. The zero-order valence-corrected chi connectivity index (χ0v) is 16.5. The molecule has 2 nitrogen and oxygen atoms in total. The van der Waals surface area contributed by atoms with Gasteiger partial charge in [0.1, 0.15) is 5.75 Å². The van der Waals surface area contributed by atoms with Crippen molar-refractivity contribution in [1.29, 1.82) is 0 Å². The van der Waals surface area contributed by atoms with E-state index in [1.54, 1.807) is 0 Å². The van der Waals surface area contributed by atoms with Crippen LogP contribution in [0.15, 0.2) is 47.5 Å². The van der Waals surface area contributed by atoms with Crippen molar-refractivity contribution >= 4 is 6.21 Å². The van der Waals surface area contributed by atoms with Gasteiger partial charge in [-0.25, -0.2) is 0 Å². The first-order valence-electron chi connectivity index (χ1n) is 9.80. The van der Waals surface area contributed by atoms with Crippen molar-refractivity contribution in [2.75, 3.05) is 0 Å². The lowest BCUT2D eigenvalue weighted by atomic mass is 9.76. The summed E-state index contributed by atoms with van der Waals surface area (Å²) in [4.78, 5) is 4.80. The molecule has 0 spiro atoms. The predicted molar refractivity (Wildman–Crippen MR) is 110 cm³/mol. The molecule has 3 rings (SSSR count). The van der Waals surface area contributed by atoms with Gasteiger partial charge < -0.3 is 5.11 Å². The molecule has 1 fully saturated rings. The Morgan fingerprint density at radius 3 is 2.35 bits per heavy atom. The number of phenols is 1. The second-order valence-electron chi connectivity index (χ2n) is 8.43. The van der Waals surface area contributed by atoms with Crippen molar-refractivity contribution in [3.05, 3.63) is 64.7 Å². The van der Waals surface area contributed by atoms with Crippen LogP contribution < -0.4 is 0 Å². The summed E-state index contributed by atoms with van der Waals surface area (Å²) in [6, 6.07) is 14.9. The lowest BCUT2D eigenvalue weighted by molar-refractivity contribution is 0.350. The Kier molecular flexibility index (Phi) is 5.50. The fourth-order valence-corrected chi connectivity index (χ4v) is 3.97. The second kappa shape index (κ2) is 7.65. The van der Waals surface area contributed by atoms with Crippen LogP contribution in [-0.4, -0.2) is 17.4 Å². The van der Waals surface area contributed by atoms with Gasteiger partial charge in [0, 0.05) is 28.8 Å². The number of phenolic OH excluding ortho intramolecular Hbond substituents is 1. The highest BCUT2D eigenvalue weighted by Gasteiger charge is 2.27. The summed E-state index contributed by atoms with van der Waals surface area (Å²) in [6.07, 6.45) is 6.73. The van der Waals surface area contributed by atoms with Crippen LogP contribution in [0.4, 0.5) is 0 Å². The van der Waals surface area contributed by atoms with Gasteiger partial charge in [-0.3, -0.25) is 4.99 Å². The van der Waals surface area contributed by atoms with Gasteiger partial charge in [0.2, 0.25) is 0 Å². The maximum Gasteiger partial charge on any atom is 0.128 e. The number of hydrogen-bond donors (Lipinski definition) is 1. The minimum Gasteiger partial charge on any atom is -0.507 e. The van der Waals surface area contributed by atoms with Gasteiger partial charge in [-0.1, -0.05) is 57.2 Å². The Hall–Kier alpha value is -2.09. The monoisotopic (exact) mass is 349 g/mol. The summed E-state index contributed by atoms with van der Waals surface area (Å²) in [5, 5.41) is 11.0. The number of aryl methyl sites for hydroxylation is 1. The van der Waals surface area contributed by atoms with E-state index >= 15 is 0 Å². The normalized spacial score (nSPS) is 21.2. The van der Waals surface area contributed by atoms with Crippen LogP contribution in [0.3, 0.4) is 0 Å². The molecule has 0 heterocycles. The predicted octanol–water partition coefficient (Wildman–Crippen LogP) is 6.02. The Balaban J connectivity index is 1.91. The number of aromatic hydroxyl groups is 1. The van der Waals surface area contributed by atoms with Gasteiger partial charge >= 0.3 is 0 Å². The topological polar surface area (TPSA) is 32.6 Å². The molecule has 0 saturated heterocycles. The average Bonchev–Trinajstić information content (AvgIpc) is 2.64. The third kappa shape index (κ3) is 4.00. The SMILES string of the molecule is Cc1cc(C=NC2CCC(C)CC2)c(O)c(C(C)(C)c2ccccc2)c1. The van der Waals surface area contributed by atoms with E-state index in [2.05, 4.69) is 58.0 Å². The van der Waals surface area contributed by atoms with Crippen molar-refractivity contribution in [2.24, 2.45) is 10.9 Å². The van der Waals surface area contributed by atoms with E-state index in [0.29, 0.717) is 11.8 Å². The molecule has 0 bridgehead atoms. The van der Waals surface area contributed by atoms with Crippen LogP contribution >= 0.6 is 0 Å². The first-order valence-corrected chi connectivity index (χ1v) is 9.80. The largest absolute Gasteiger partial charge is 0.507 e. The highest BCUT2D eigenvalue weighted by Crippen LogP contribution is 2.39. The molecule has 0 atom stereocenters. The molecule has 0 aliphatic heterocycles. The van der Waals surface area contributed by atoms with Crippen LogP contribution in [0.5, 0.6) is 5.75 Å². The molecule has 2 aromatic carbocycles. The van der Waals surface area contributed by atoms with E-state index in [0.717, 1.165) is 35.4 Å². The van der Waals surface area contributed by atoms with Gasteiger partial charge in [0.25, 0.3) is 0 Å². The fourth-order valence-electron chi connectivity index (χ4n) is 3.97. The van der Waals surface area contributed by atoms with Crippen molar-refractivity contribution in [3.8, 4) is 5.75 Å². The summed E-state index contributed by atoms with van der Waals surface area (Å²) < 4.78 is 0. The quantitative estimate of drug-likeness (QED) is 0.672. The number of nitrogens with zero attached hydrogens (tertiary/aromatic N) is 1. The van der Waals surface area contributed by atoms with Gasteiger partial charge in [0.05, 0.1) is 0 Å². The minimum atomic E-state index is -0.264. The van der Waals surface area contributed by atoms with E-state index in [-0.39, 0.29) is 5.41 Å². The van der Waals surface area contributed by atoms with Gasteiger partial charge in [-0.05, 0) is 55.7 Å². The molecule has 26 heavy (non-hydrogen) atoms. The molecule has 1 saturated carbocycles. The maximum absolute atomic E-state index is 11.0. The molecule has 1 aliphatic carbocycles. The van der Waals surface area contributed by atoms with Crippen molar-refractivity contribution in [3.63, 3.8) is 0 Å². The molecule has 0 aromatic heterocycles. The first kappa shape index (κ1) is 18.7. The minimum absolute atomic E-state index is 0.264. The van der Waals surface area contributed by atoms with Crippen LogP contribution in [0.25, 0.3) is 0 Å². The summed E-state index contributed by atoms with van der Waals surface area (Å²) in [6.45, 7) is 8.74. The molecule has 2 heteroatoms.